The molecule has 0 atom stereocenters. The van der Waals surface area contributed by atoms with Crippen LogP contribution in [0.1, 0.15) is 31.0 Å². The van der Waals surface area contributed by atoms with Gasteiger partial charge in [-0.2, -0.15) is 0 Å². The number of aromatic nitrogens is 2. The number of aryl methyl sites for hydroxylation is 1. The molecule has 1 heterocycles. The highest BCUT2D eigenvalue weighted by Gasteiger charge is 2.15. The third-order valence-corrected chi connectivity index (χ3v) is 5.31. The van der Waals surface area contributed by atoms with Gasteiger partial charge in [0, 0.05) is 12.6 Å². The monoisotopic (exact) mass is 381 g/mol. The van der Waals surface area contributed by atoms with E-state index >= 15 is 0 Å². The highest BCUT2D eigenvalue weighted by atomic mass is 32.2. The SMILES string of the molecule is Cc1ccccc1CNC(=O)CSc1nc2ccccc2c(=O)n1C(C)C. The fraction of sp³-hybridized carbons (Fsp3) is 0.286. The maximum absolute atomic E-state index is 12.8. The number of benzene rings is 2. The maximum Gasteiger partial charge on any atom is 0.262 e. The Kier molecular flexibility index (Phi) is 5.96. The van der Waals surface area contributed by atoms with Crippen molar-refractivity contribution in [3.8, 4) is 0 Å². The molecule has 5 nitrogen and oxygen atoms in total. The standard InChI is InChI=1S/C21H23N3O2S/c1-14(2)24-20(26)17-10-6-7-11-18(17)23-21(24)27-13-19(25)22-12-16-9-5-4-8-15(16)3/h4-11,14H,12-13H2,1-3H3,(H,22,25). The maximum atomic E-state index is 12.8. The lowest BCUT2D eigenvalue weighted by Gasteiger charge is -2.16. The Morgan fingerprint density at radius 2 is 1.85 bits per heavy atom. The minimum absolute atomic E-state index is 0.0351. The molecule has 1 aromatic heterocycles. The molecule has 0 radical (unpaired) electrons. The molecule has 1 N–H and O–H groups in total. The Morgan fingerprint density at radius 1 is 1.15 bits per heavy atom. The molecule has 140 valence electrons. The number of hydrogen-bond donors (Lipinski definition) is 1. The van der Waals surface area contributed by atoms with E-state index in [2.05, 4.69) is 10.3 Å². The summed E-state index contributed by atoms with van der Waals surface area (Å²) in [6, 6.07) is 15.2. The van der Waals surface area contributed by atoms with Crippen LogP contribution in [-0.4, -0.2) is 21.2 Å². The first-order chi connectivity index (χ1) is 13.0. The van der Waals surface area contributed by atoms with Crippen molar-refractivity contribution in [2.24, 2.45) is 0 Å². The van der Waals surface area contributed by atoms with E-state index in [1.165, 1.54) is 11.8 Å². The van der Waals surface area contributed by atoms with Crippen LogP contribution < -0.4 is 10.9 Å². The van der Waals surface area contributed by atoms with Crippen LogP contribution in [-0.2, 0) is 11.3 Å². The molecule has 0 aliphatic heterocycles. The zero-order valence-electron chi connectivity index (χ0n) is 15.7. The van der Waals surface area contributed by atoms with E-state index in [0.29, 0.717) is 22.6 Å². The van der Waals surface area contributed by atoms with Crippen LogP contribution in [0.4, 0.5) is 0 Å². The van der Waals surface area contributed by atoms with E-state index in [9.17, 15) is 9.59 Å². The van der Waals surface area contributed by atoms with E-state index in [1.807, 2.05) is 63.2 Å². The number of fused-ring (bicyclic) bond motifs is 1. The van der Waals surface area contributed by atoms with Gasteiger partial charge in [0.2, 0.25) is 5.91 Å². The molecule has 3 aromatic rings. The third-order valence-electron chi connectivity index (χ3n) is 4.36. The van der Waals surface area contributed by atoms with Crippen LogP contribution in [0.5, 0.6) is 0 Å². The van der Waals surface area contributed by atoms with Crippen LogP contribution in [0.2, 0.25) is 0 Å². The van der Waals surface area contributed by atoms with Crippen molar-refractivity contribution in [3.63, 3.8) is 0 Å². The molecule has 0 aliphatic rings. The predicted octanol–water partition coefficient (Wildman–Crippen LogP) is 3.69. The highest BCUT2D eigenvalue weighted by molar-refractivity contribution is 7.99. The summed E-state index contributed by atoms with van der Waals surface area (Å²) in [4.78, 5) is 29.7. The van der Waals surface area contributed by atoms with Crippen molar-refractivity contribution < 1.29 is 4.79 Å². The summed E-state index contributed by atoms with van der Waals surface area (Å²) in [5.41, 5.74) is 2.83. The second-order valence-corrected chi connectivity index (χ2v) is 7.61. The summed E-state index contributed by atoms with van der Waals surface area (Å²) in [5.74, 6) is 0.129. The Labute approximate surface area is 162 Å². The third kappa shape index (κ3) is 4.39. The van der Waals surface area contributed by atoms with Gasteiger partial charge in [0.15, 0.2) is 5.16 Å². The number of hydrogen-bond acceptors (Lipinski definition) is 4. The number of nitrogens with zero attached hydrogens (tertiary/aromatic N) is 2. The van der Waals surface area contributed by atoms with Gasteiger partial charge in [0.05, 0.1) is 16.7 Å². The number of thioether (sulfide) groups is 1. The van der Waals surface area contributed by atoms with E-state index in [0.717, 1.165) is 11.1 Å². The zero-order valence-corrected chi connectivity index (χ0v) is 16.5. The van der Waals surface area contributed by atoms with Crippen LogP contribution in [0, 0.1) is 6.92 Å². The number of nitrogens with one attached hydrogen (secondary N) is 1. The highest BCUT2D eigenvalue weighted by Crippen LogP contribution is 2.20. The molecule has 1 amide bonds. The number of amides is 1. The Balaban J connectivity index is 1.74. The quantitative estimate of drug-likeness (QED) is 0.522. The molecule has 0 saturated heterocycles. The lowest BCUT2D eigenvalue weighted by molar-refractivity contribution is -0.118. The fourth-order valence-corrected chi connectivity index (χ4v) is 3.82. The molecule has 0 bridgehead atoms. The van der Waals surface area contributed by atoms with E-state index in [1.54, 1.807) is 10.6 Å². The molecular formula is C21H23N3O2S. The molecule has 27 heavy (non-hydrogen) atoms. The molecular weight excluding hydrogens is 358 g/mol. The number of carbonyl (C=O) groups excluding carboxylic acids is 1. The Hall–Kier alpha value is -2.60. The van der Waals surface area contributed by atoms with Gasteiger partial charge in [0.25, 0.3) is 5.56 Å². The van der Waals surface area contributed by atoms with Gasteiger partial charge in [-0.15, -0.1) is 0 Å². The molecule has 0 aliphatic carbocycles. The summed E-state index contributed by atoms with van der Waals surface area (Å²) < 4.78 is 1.65. The van der Waals surface area contributed by atoms with Crippen LogP contribution in [0.15, 0.2) is 58.5 Å². The average Bonchev–Trinajstić information content (AvgIpc) is 2.65. The van der Waals surface area contributed by atoms with Crippen molar-refractivity contribution in [1.29, 1.82) is 0 Å². The minimum Gasteiger partial charge on any atom is -0.351 e. The molecule has 0 unspecified atom stereocenters. The van der Waals surface area contributed by atoms with Gasteiger partial charge >= 0.3 is 0 Å². The Bertz CT molecular complexity index is 1030. The van der Waals surface area contributed by atoms with E-state index in [-0.39, 0.29) is 23.3 Å². The molecule has 0 fully saturated rings. The second-order valence-electron chi connectivity index (χ2n) is 6.67. The topological polar surface area (TPSA) is 64.0 Å². The molecule has 2 aromatic carbocycles. The second kappa shape index (κ2) is 8.39. The summed E-state index contributed by atoms with van der Waals surface area (Å²) in [5, 5.41) is 4.10. The number of para-hydroxylation sites is 1. The molecule has 0 saturated carbocycles. The lowest BCUT2D eigenvalue weighted by Crippen LogP contribution is -2.27. The Morgan fingerprint density at radius 3 is 2.59 bits per heavy atom. The molecule has 3 rings (SSSR count). The van der Waals surface area contributed by atoms with Crippen LogP contribution in [0.3, 0.4) is 0 Å². The number of rotatable bonds is 6. The predicted molar refractivity (Wildman–Crippen MR) is 110 cm³/mol. The first-order valence-corrected chi connectivity index (χ1v) is 9.91. The summed E-state index contributed by atoms with van der Waals surface area (Å²) in [6.07, 6.45) is 0. The van der Waals surface area contributed by atoms with Crippen molar-refractivity contribution in [1.82, 2.24) is 14.9 Å². The van der Waals surface area contributed by atoms with Gasteiger partial charge in [-0.1, -0.05) is 48.2 Å². The first-order valence-electron chi connectivity index (χ1n) is 8.92. The van der Waals surface area contributed by atoms with Crippen molar-refractivity contribution >= 4 is 28.6 Å². The van der Waals surface area contributed by atoms with E-state index < -0.39 is 0 Å². The summed E-state index contributed by atoms with van der Waals surface area (Å²) in [7, 11) is 0. The van der Waals surface area contributed by atoms with Gasteiger partial charge in [-0.3, -0.25) is 14.2 Å². The van der Waals surface area contributed by atoms with Crippen LogP contribution in [0.25, 0.3) is 10.9 Å². The van der Waals surface area contributed by atoms with Gasteiger partial charge < -0.3 is 5.32 Å². The van der Waals surface area contributed by atoms with E-state index in [4.69, 9.17) is 0 Å². The number of carbonyl (C=O) groups is 1. The molecule has 0 spiro atoms. The fourth-order valence-electron chi connectivity index (χ4n) is 2.87. The van der Waals surface area contributed by atoms with Crippen molar-refractivity contribution in [2.75, 3.05) is 5.75 Å². The van der Waals surface area contributed by atoms with Gasteiger partial charge in [0.1, 0.15) is 0 Å². The van der Waals surface area contributed by atoms with Crippen LogP contribution >= 0.6 is 11.8 Å². The normalized spacial score (nSPS) is 11.1. The average molecular weight is 382 g/mol. The molecule has 6 heteroatoms. The van der Waals surface area contributed by atoms with Crippen molar-refractivity contribution in [3.05, 3.63) is 70.0 Å². The van der Waals surface area contributed by atoms with Gasteiger partial charge in [-0.05, 0) is 44.0 Å². The first kappa shape index (κ1) is 19.2. The minimum atomic E-state index is -0.0824. The zero-order chi connectivity index (χ0) is 19.4. The summed E-state index contributed by atoms with van der Waals surface area (Å²) in [6.45, 7) is 6.41. The smallest absolute Gasteiger partial charge is 0.262 e. The summed E-state index contributed by atoms with van der Waals surface area (Å²) >= 11 is 1.29. The largest absolute Gasteiger partial charge is 0.351 e. The van der Waals surface area contributed by atoms with Gasteiger partial charge in [-0.25, -0.2) is 4.98 Å². The lowest BCUT2D eigenvalue weighted by atomic mass is 10.1. The van der Waals surface area contributed by atoms with Crippen molar-refractivity contribution in [2.45, 2.75) is 38.5 Å².